The number of aliphatic hydroxyl groups excluding tert-OH is 1. The van der Waals surface area contributed by atoms with Crippen LogP contribution in [0.25, 0.3) is 0 Å². The second-order valence-electron chi connectivity index (χ2n) is 33.3. The normalized spacial score (nSPS) is 12.0. The number of ether oxygens (including phenoxy) is 4. The molecule has 1 aromatic rings. The number of anilines is 3. The maximum atomic E-state index is 14.7. The Hall–Kier alpha value is -11.4. The van der Waals surface area contributed by atoms with E-state index in [0.717, 1.165) is 161 Å². The van der Waals surface area contributed by atoms with Gasteiger partial charge >= 0.3 is 24.4 Å². The molecule has 47 nitrogen and oxygen atoms in total. The summed E-state index contributed by atoms with van der Waals surface area (Å²) in [6, 6.07) is -1.15. The number of aromatic nitrogens is 3. The van der Waals surface area contributed by atoms with Crippen LogP contribution in [0, 0.1) is 0 Å². The molecule has 48 heteroatoms. The largest absolute Gasteiger partial charge is 0.448 e. The fourth-order valence-corrected chi connectivity index (χ4v) is 14.4. The van der Waals surface area contributed by atoms with Crippen LogP contribution >= 0.6 is 0 Å². The van der Waals surface area contributed by atoms with Crippen molar-refractivity contribution >= 4 is 110 Å². The number of hydrogen-bond donors (Lipinski definition) is 18. The van der Waals surface area contributed by atoms with Crippen molar-refractivity contribution in [2.45, 2.75) is 250 Å². The summed E-state index contributed by atoms with van der Waals surface area (Å²) in [5, 5.41) is 15.1. The molecule has 0 aliphatic carbocycles. The van der Waals surface area contributed by atoms with E-state index >= 15 is 0 Å². The van der Waals surface area contributed by atoms with E-state index in [1.54, 1.807) is 41.3 Å². The van der Waals surface area contributed by atoms with Gasteiger partial charge in [-0.15, -0.1) is 0 Å². The van der Waals surface area contributed by atoms with Crippen molar-refractivity contribution in [1.29, 1.82) is 0 Å². The van der Waals surface area contributed by atoms with E-state index in [2.05, 4.69) is 50.6 Å². The molecule has 0 spiro atoms. The number of carbonyl (C=O) groups excluding carboxylic acids is 6. The summed E-state index contributed by atoms with van der Waals surface area (Å²) < 4.78 is 25.1. The Kier molecular flexibility index (Phi) is 69.1. The van der Waals surface area contributed by atoms with Gasteiger partial charge in [0, 0.05) is 163 Å². The minimum atomic E-state index is -1.15. The van der Waals surface area contributed by atoms with E-state index in [9.17, 15) is 33.9 Å². The predicted molar refractivity (Wildman–Crippen MR) is 535 cm³/mol. The fourth-order valence-electron chi connectivity index (χ4n) is 14.4. The molecular weight excluding hydrogens is 1720 g/mol. The first kappa shape index (κ1) is 119. The molecule has 0 unspecified atom stereocenters. The van der Waals surface area contributed by atoms with Gasteiger partial charge in [0.25, 0.3) is 0 Å². The van der Waals surface area contributed by atoms with Gasteiger partial charge in [-0.05, 0) is 116 Å². The Bertz CT molecular complexity index is 3370. The Morgan fingerprint density at radius 3 is 0.858 bits per heavy atom. The molecule has 0 aromatic carbocycles. The minimum Gasteiger partial charge on any atom is -0.448 e. The Morgan fingerprint density at radius 2 is 0.597 bits per heavy atom. The van der Waals surface area contributed by atoms with E-state index in [0.29, 0.717) is 194 Å². The van der Waals surface area contributed by atoms with Crippen LogP contribution in [-0.4, -0.2) is 339 Å². The van der Waals surface area contributed by atoms with E-state index < -0.39 is 30.4 Å². The molecule has 0 bridgehead atoms. The van der Waals surface area contributed by atoms with Crippen LogP contribution in [0.3, 0.4) is 0 Å². The summed E-state index contributed by atoms with van der Waals surface area (Å²) in [4.78, 5) is 148. The van der Waals surface area contributed by atoms with Crippen molar-refractivity contribution in [3.63, 3.8) is 0 Å². The van der Waals surface area contributed by atoms with Crippen molar-refractivity contribution in [1.82, 2.24) is 50.1 Å². The van der Waals surface area contributed by atoms with Crippen LogP contribution in [0.5, 0.6) is 0 Å². The number of unbranched alkanes of at least 4 members (excludes halogenated alkanes) is 27. The van der Waals surface area contributed by atoms with Crippen LogP contribution in [0.2, 0.25) is 0 Å². The fraction of sp³-hybridized carbons (Fsp3) is 0.802. The number of aliphatic hydroxyl groups is 1. The van der Waals surface area contributed by atoms with Gasteiger partial charge in [-0.3, -0.25) is 49.5 Å². The number of guanidine groups is 8. The summed E-state index contributed by atoms with van der Waals surface area (Å²) in [5.74, 6) is 0.657. The molecule has 0 saturated carbocycles. The van der Waals surface area contributed by atoms with Gasteiger partial charge in [0.15, 0.2) is 47.7 Å². The third-order valence-corrected chi connectivity index (χ3v) is 21.8. The number of piperazine rings is 1. The average Bonchev–Trinajstić information content (AvgIpc) is 0.803. The van der Waals surface area contributed by atoms with Crippen molar-refractivity contribution in [3.8, 4) is 0 Å². The van der Waals surface area contributed by atoms with E-state index in [1.165, 1.54) is 0 Å². The number of nitrogens with one attached hydrogen (secondary N) is 2. The maximum absolute atomic E-state index is 14.7. The Morgan fingerprint density at radius 1 is 0.343 bits per heavy atom. The van der Waals surface area contributed by atoms with Crippen molar-refractivity contribution in [3.05, 3.63) is 0 Å². The molecule has 2 heterocycles. The first-order valence-corrected chi connectivity index (χ1v) is 48.6. The van der Waals surface area contributed by atoms with E-state index in [-0.39, 0.29) is 156 Å². The highest BCUT2D eigenvalue weighted by Gasteiger charge is 2.29. The van der Waals surface area contributed by atoms with Crippen molar-refractivity contribution in [2.75, 3.05) is 212 Å². The number of nitrogens with zero attached hydrogens (tertiary/aromatic N) is 19. The van der Waals surface area contributed by atoms with Crippen LogP contribution in [0.4, 0.5) is 37.0 Å². The van der Waals surface area contributed by atoms with Gasteiger partial charge in [0.05, 0.1) is 26.2 Å². The standard InChI is InChI=1S/C86H171BN36O11/c1-103-79(102)111-47-29-11-19-37-55-123(54-36-18-10-28-46-110-78(100)101)86(130)134-67-63-119(62-66-133-85(129)122(52-34-16-8-26-44-108-76(96)97)53-35-17-9-27-45-109-77(98)99)82-114-80(117-58-56-116(57-59-117)71(126)39-21-3-2-20-38-70(125)112-68-69(87)124)113-81(115-82)118(60-64-131-83(127)120(48-30-12-4-22-40-104-72(88)89)49-31-13-5-23-41-105-73(90)91)61-65-132-84(128)121(50-32-14-6-24-42-106-74(92)93)51-33-15-7-25-43-107-75(94)95/h69,124H,2-68H2,1H3,(H,112,125)(H4,88,89,104)(H4,90,91,105)(H4,92,93,106)(H4,94,95,107)(H4,96,97,108)(H4,98,99,109)(H4,100,101,110)(H3,102,103,111)/t69-/m1/s1. The molecule has 1 saturated heterocycles. The predicted octanol–water partition coefficient (Wildman–Crippen LogP) is 1.76. The number of carbonyl (C=O) groups is 6. The highest BCUT2D eigenvalue weighted by atomic mass is 16.6. The highest BCUT2D eigenvalue weighted by molar-refractivity contribution is 6.11. The second kappa shape index (κ2) is 78.0. The maximum Gasteiger partial charge on any atom is 0.409 e. The third-order valence-electron chi connectivity index (χ3n) is 21.8. The summed E-state index contributed by atoms with van der Waals surface area (Å²) >= 11 is 0. The molecular formula is C86H171BN36O11. The van der Waals surface area contributed by atoms with Crippen LogP contribution in [0.1, 0.15) is 244 Å². The second-order valence-corrected chi connectivity index (χ2v) is 33.3. The van der Waals surface area contributed by atoms with Crippen LogP contribution in [-0.2, 0) is 28.5 Å². The summed E-state index contributed by atoms with van der Waals surface area (Å²) in [5.41, 5.74) is 84.4. The number of nitrogens with two attached hydrogens (primary N) is 15. The highest BCUT2D eigenvalue weighted by Crippen LogP contribution is 2.24. The minimum absolute atomic E-state index is 0.0230. The molecule has 33 N–H and O–H groups in total. The summed E-state index contributed by atoms with van der Waals surface area (Å²) in [6.07, 6.45) is 25.6. The van der Waals surface area contributed by atoms with Gasteiger partial charge in [-0.1, -0.05) is 116 Å². The Balaban J connectivity index is 3.05. The van der Waals surface area contributed by atoms with Gasteiger partial charge in [-0.25, -0.2) is 19.2 Å². The molecule has 1 aliphatic heterocycles. The van der Waals surface area contributed by atoms with Gasteiger partial charge < -0.3 is 160 Å². The molecule has 1 fully saturated rings. The smallest absolute Gasteiger partial charge is 0.409 e. The Labute approximate surface area is 796 Å². The third kappa shape index (κ3) is 65.3. The van der Waals surface area contributed by atoms with Crippen molar-refractivity contribution < 1.29 is 52.8 Å². The lowest BCUT2D eigenvalue weighted by Crippen LogP contribution is -2.49. The molecule has 2 radical (unpaired) electrons. The van der Waals surface area contributed by atoms with Crippen LogP contribution < -0.4 is 111 Å². The SMILES string of the molecule is [B][C@H](O)CNC(=O)CCCCCCC(=O)N1CCN(c2nc(N(CCOC(=O)N(CCCCCCN=C(N)N)CCCCCCN=C(N)N)CCOC(=O)N(CCCCCCN=C(N)N)CCCCCCN=C(N)N)nc(N(CCOC(=O)N(CCCCCCN=C(N)N)CCCCCCN=C(N)N)CCOC(=O)N(CCCCCCN=C(N)N)CCCCCCNC(N)=NC)n2)CC1. The molecule has 134 heavy (non-hydrogen) atoms. The quantitative estimate of drug-likeness (QED) is 0.0145. The van der Waals surface area contributed by atoms with Crippen molar-refractivity contribution in [2.24, 2.45) is 126 Å². The molecule has 1 aromatic heterocycles. The number of hydrogen-bond acceptors (Lipinski definition) is 25. The molecule has 764 valence electrons. The zero-order valence-electron chi connectivity index (χ0n) is 80.7. The topological polar surface area (TPSA) is 737 Å². The van der Waals surface area contributed by atoms with Gasteiger partial charge in [-0.2, -0.15) is 15.0 Å². The lowest BCUT2D eigenvalue weighted by atomic mass is 10.0. The molecule has 6 amide bonds. The lowest BCUT2D eigenvalue weighted by molar-refractivity contribution is -0.131. The van der Waals surface area contributed by atoms with Gasteiger partial charge in [0.2, 0.25) is 29.7 Å². The van der Waals surface area contributed by atoms with Crippen LogP contribution in [0.15, 0.2) is 39.9 Å². The van der Waals surface area contributed by atoms with E-state index in [1.807, 2.05) is 4.90 Å². The summed E-state index contributed by atoms with van der Waals surface area (Å²) in [6.45, 7) is 7.51. The average molecular weight is 1900 g/mol. The zero-order valence-corrected chi connectivity index (χ0v) is 80.7. The monoisotopic (exact) mass is 1900 g/mol. The molecule has 1 atom stereocenters. The first-order chi connectivity index (χ1) is 64.6. The molecule has 1 aliphatic rings. The number of amides is 6. The first-order valence-electron chi connectivity index (χ1n) is 48.6. The van der Waals surface area contributed by atoms with Gasteiger partial charge in [0.1, 0.15) is 34.3 Å². The number of aliphatic imine (C=N–C) groups is 8. The molecule has 2 rings (SSSR count). The van der Waals surface area contributed by atoms with E-state index in [4.69, 9.17) is 128 Å². The zero-order chi connectivity index (χ0) is 98.4. The summed E-state index contributed by atoms with van der Waals surface area (Å²) in [7, 11) is 7.02. The lowest BCUT2D eigenvalue weighted by Gasteiger charge is -2.35. The number of rotatable bonds is 80.